The molecule has 2 aliphatic carbocycles. The van der Waals surface area contributed by atoms with E-state index in [0.29, 0.717) is 45.1 Å². The van der Waals surface area contributed by atoms with Crippen molar-refractivity contribution in [2.45, 2.75) is 89.6 Å². The first-order chi connectivity index (χ1) is 34.1. The number of hydrogen-bond donors (Lipinski definition) is 1. The molecule has 0 aromatic heterocycles. The van der Waals surface area contributed by atoms with E-state index < -0.39 is 17.5 Å². The lowest BCUT2D eigenvalue weighted by molar-refractivity contribution is -0.140. The van der Waals surface area contributed by atoms with Crippen LogP contribution < -0.4 is 23.7 Å². The molecule has 0 bridgehead atoms. The normalized spacial score (nSPS) is 19.3. The third-order valence-corrected chi connectivity index (χ3v) is 15.0. The van der Waals surface area contributed by atoms with Crippen LogP contribution in [0.25, 0.3) is 28.0 Å². The monoisotopic (exact) mass is 942 g/mol. The number of methoxy groups -OCH3 is 3. The maximum absolute atomic E-state index is 14.1. The molecule has 9 rings (SSSR count). The zero-order chi connectivity index (χ0) is 48.8. The van der Waals surface area contributed by atoms with Crippen LogP contribution in [0, 0.1) is 23.7 Å². The van der Waals surface area contributed by atoms with Crippen LogP contribution in [-0.2, 0) is 15.1 Å². The van der Waals surface area contributed by atoms with Crippen molar-refractivity contribution >= 4 is 34.8 Å². The average molecular weight is 943 g/mol. The Morgan fingerprint density at radius 3 is 1.86 bits per heavy atom. The Morgan fingerprint density at radius 2 is 1.24 bits per heavy atom. The predicted molar refractivity (Wildman–Crippen MR) is 271 cm³/mol. The molecule has 1 heterocycles. The van der Waals surface area contributed by atoms with E-state index in [1.807, 2.05) is 78.9 Å². The minimum Gasteiger partial charge on any atom is -0.506 e. The minimum absolute atomic E-state index is 0.0945. The smallest absolute Gasteiger partial charge is 0.344 e. The summed E-state index contributed by atoms with van der Waals surface area (Å²) in [5, 5.41) is 12.5. The summed E-state index contributed by atoms with van der Waals surface area (Å²) in [5.74, 6) is 2.63. The summed E-state index contributed by atoms with van der Waals surface area (Å²) in [5.41, 5.74) is 2.24. The second kappa shape index (κ2) is 21.3. The number of hydrogen-bond acceptors (Lipinski definition) is 10. The van der Waals surface area contributed by atoms with Crippen molar-refractivity contribution in [2.75, 3.05) is 21.3 Å². The van der Waals surface area contributed by atoms with Gasteiger partial charge in [-0.1, -0.05) is 100 Å². The van der Waals surface area contributed by atoms with Crippen LogP contribution in [0.15, 0.2) is 121 Å². The van der Waals surface area contributed by atoms with Gasteiger partial charge in [0.25, 0.3) is 0 Å². The van der Waals surface area contributed by atoms with E-state index in [0.717, 1.165) is 60.1 Å². The van der Waals surface area contributed by atoms with E-state index in [9.17, 15) is 19.5 Å². The molecule has 6 aromatic rings. The van der Waals surface area contributed by atoms with Gasteiger partial charge in [0, 0.05) is 27.5 Å². The molecular weight excluding hydrogens is 881 g/mol. The lowest BCUT2D eigenvalue weighted by Crippen LogP contribution is -2.34. The molecule has 0 saturated heterocycles. The molecule has 70 heavy (non-hydrogen) atoms. The molecule has 1 aliphatic heterocycles. The lowest BCUT2D eigenvalue weighted by atomic mass is 9.68. The lowest BCUT2D eigenvalue weighted by Gasteiger charge is -2.37. The summed E-state index contributed by atoms with van der Waals surface area (Å²) in [7, 11) is 4.44. The van der Waals surface area contributed by atoms with Gasteiger partial charge in [-0.2, -0.15) is 0 Å². The highest BCUT2D eigenvalue weighted by Gasteiger charge is 2.40. The molecule has 0 unspecified atom stereocenters. The second-order valence-corrected chi connectivity index (χ2v) is 19.1. The molecule has 0 atom stereocenters. The third-order valence-electron chi connectivity index (χ3n) is 15.0. The van der Waals surface area contributed by atoms with E-state index in [1.165, 1.54) is 64.5 Å². The fraction of sp³-hybridized carbons (Fsp3) is 0.350. The number of aromatic hydroxyl groups is 1. The Morgan fingerprint density at radius 1 is 0.643 bits per heavy atom. The maximum Gasteiger partial charge on any atom is 0.344 e. The number of phenols is 1. The first-order valence-electron chi connectivity index (χ1n) is 24.8. The predicted octanol–water partition coefficient (Wildman–Crippen LogP) is 13.7. The number of carbonyl (C=O) groups is 3. The summed E-state index contributed by atoms with van der Waals surface area (Å²) in [6.45, 7) is 2.27. The van der Waals surface area contributed by atoms with Gasteiger partial charge in [-0.3, -0.25) is 4.79 Å². The minimum atomic E-state index is -1.19. The largest absolute Gasteiger partial charge is 0.506 e. The Bertz CT molecular complexity index is 2800. The second-order valence-electron chi connectivity index (χ2n) is 19.1. The van der Waals surface area contributed by atoms with E-state index in [2.05, 4.69) is 6.92 Å². The van der Waals surface area contributed by atoms with E-state index in [1.54, 1.807) is 56.7 Å². The number of ether oxygens (including phenoxy) is 6. The van der Waals surface area contributed by atoms with Gasteiger partial charge in [-0.25, -0.2) is 9.59 Å². The van der Waals surface area contributed by atoms with Gasteiger partial charge < -0.3 is 33.5 Å². The molecule has 3 aliphatic rings. The fourth-order valence-corrected chi connectivity index (χ4v) is 11.1. The van der Waals surface area contributed by atoms with Gasteiger partial charge in [0.1, 0.15) is 40.1 Å². The van der Waals surface area contributed by atoms with Crippen molar-refractivity contribution in [3.05, 3.63) is 149 Å². The molecule has 362 valence electrons. The van der Waals surface area contributed by atoms with Crippen LogP contribution in [-0.4, -0.2) is 44.3 Å². The molecule has 2 fully saturated rings. The number of esters is 3. The number of benzene rings is 6. The first-order valence-corrected chi connectivity index (χ1v) is 24.8. The molecule has 6 aromatic carbocycles. The van der Waals surface area contributed by atoms with Gasteiger partial charge >= 0.3 is 17.9 Å². The van der Waals surface area contributed by atoms with Gasteiger partial charge in [-0.15, -0.1) is 0 Å². The van der Waals surface area contributed by atoms with Crippen molar-refractivity contribution in [2.24, 2.45) is 23.7 Å². The van der Waals surface area contributed by atoms with Gasteiger partial charge in [0.2, 0.25) is 0 Å². The topological polar surface area (TPSA) is 127 Å². The number of rotatable bonds is 15. The molecule has 10 nitrogen and oxygen atoms in total. The van der Waals surface area contributed by atoms with Crippen LogP contribution in [0.2, 0.25) is 0 Å². The highest BCUT2D eigenvalue weighted by Crippen LogP contribution is 2.50. The summed E-state index contributed by atoms with van der Waals surface area (Å²) < 4.78 is 35.1. The first kappa shape index (κ1) is 48.0. The number of fused-ring (bicyclic) bond motifs is 3. The zero-order valence-electron chi connectivity index (χ0n) is 40.5. The number of unbranched alkanes of at least 4 members (excludes halogenated alkanes) is 2. The van der Waals surface area contributed by atoms with Gasteiger partial charge in [0.05, 0.1) is 32.8 Å². The van der Waals surface area contributed by atoms with Crippen LogP contribution in [0.1, 0.15) is 121 Å². The quantitative estimate of drug-likeness (QED) is 0.0604. The van der Waals surface area contributed by atoms with Crippen molar-refractivity contribution in [3.8, 4) is 45.6 Å². The summed E-state index contributed by atoms with van der Waals surface area (Å²) in [4.78, 5) is 40.9. The SMILES string of the molecule is CCCCCC1CCC(C2CCC(C(=O)Oc3ccc(-c4ccccc4C(=O)Oc4ccc5c6c(c(C(=O)OC)c(O)c5c4)C=CC(c4ccc(OC)cc4)(c4ccc(OC)cc4)O6)cc3)CC2)CC1. The molecule has 2 saturated carbocycles. The van der Waals surface area contributed by atoms with Crippen molar-refractivity contribution in [3.63, 3.8) is 0 Å². The molecule has 1 N–H and O–H groups in total. The maximum atomic E-state index is 14.1. The number of phenolic OH excluding ortho intramolecular Hbond substituents is 1. The van der Waals surface area contributed by atoms with Crippen LogP contribution in [0.5, 0.6) is 34.5 Å². The Hall–Kier alpha value is -7.07. The standard InChI is InChI=1S/C60H62O10/c1-5-6-7-10-38-13-15-39(16-14-38)40-17-19-42(20-18-40)57(62)68-47-27-21-41(22-28-47)49-11-8-9-12-51(49)58(63)69-48-33-34-50-53(37-48)55(61)54(59(64)67-4)52-35-36-60(70-56(50)52,43-23-29-45(65-2)30-24-43)44-25-31-46(66-3)32-26-44/h8-9,11-12,21-40,42,61H,5-7,10,13-20H2,1-4H3. The summed E-state index contributed by atoms with van der Waals surface area (Å²) >= 11 is 0. The van der Waals surface area contributed by atoms with Crippen LogP contribution >= 0.6 is 0 Å². The summed E-state index contributed by atoms with van der Waals surface area (Å²) in [6, 6.07) is 34.2. The van der Waals surface area contributed by atoms with Gasteiger partial charge in [-0.05, 0) is 140 Å². The van der Waals surface area contributed by atoms with Crippen molar-refractivity contribution < 1.29 is 47.9 Å². The highest BCUT2D eigenvalue weighted by molar-refractivity contribution is 6.09. The summed E-state index contributed by atoms with van der Waals surface area (Å²) in [6.07, 6.45) is 18.3. The van der Waals surface area contributed by atoms with Crippen LogP contribution in [0.3, 0.4) is 0 Å². The molecular formula is C60H62O10. The van der Waals surface area contributed by atoms with Crippen molar-refractivity contribution in [1.82, 2.24) is 0 Å². The van der Waals surface area contributed by atoms with E-state index >= 15 is 0 Å². The third kappa shape index (κ3) is 9.87. The molecule has 0 spiro atoms. The van der Waals surface area contributed by atoms with Gasteiger partial charge in [0.15, 0.2) is 5.60 Å². The van der Waals surface area contributed by atoms with Crippen molar-refractivity contribution in [1.29, 1.82) is 0 Å². The molecule has 0 amide bonds. The number of carbonyl (C=O) groups excluding carboxylic acids is 3. The average Bonchev–Trinajstić information content (AvgIpc) is 3.41. The van der Waals surface area contributed by atoms with E-state index in [4.69, 9.17) is 28.4 Å². The highest BCUT2D eigenvalue weighted by atomic mass is 16.5. The van der Waals surface area contributed by atoms with Crippen LogP contribution in [0.4, 0.5) is 0 Å². The Labute approximate surface area is 410 Å². The Kier molecular flexibility index (Phi) is 14.6. The molecule has 0 radical (unpaired) electrons. The van der Waals surface area contributed by atoms with E-state index in [-0.39, 0.29) is 34.3 Å². The Balaban J connectivity index is 0.913. The fourth-order valence-electron chi connectivity index (χ4n) is 11.1. The zero-order valence-corrected chi connectivity index (χ0v) is 40.5. The molecule has 10 heteroatoms.